The van der Waals surface area contributed by atoms with Crippen molar-refractivity contribution in [2.45, 2.75) is 25.6 Å². The normalized spacial score (nSPS) is 20.0. The first kappa shape index (κ1) is 15.9. The van der Waals surface area contributed by atoms with Gasteiger partial charge in [-0.15, -0.1) is 5.10 Å². The van der Waals surface area contributed by atoms with Crippen LogP contribution in [0.15, 0.2) is 28.7 Å². The summed E-state index contributed by atoms with van der Waals surface area (Å²) in [6.45, 7) is 2.07. The van der Waals surface area contributed by atoms with E-state index in [0.29, 0.717) is 17.0 Å². The fraction of sp³-hybridized carbons (Fsp3) is 0.375. The number of carbonyl (C=O) groups excluding carboxylic acids is 1. The number of benzene rings is 1. The molecule has 1 aromatic carbocycles. The summed E-state index contributed by atoms with van der Waals surface area (Å²) in [5.41, 5.74) is 0.805. The average molecular weight is 329 g/mol. The fourth-order valence-electron chi connectivity index (χ4n) is 2.73. The summed E-state index contributed by atoms with van der Waals surface area (Å²) in [7, 11) is 0. The van der Waals surface area contributed by atoms with E-state index in [1.807, 2.05) is 6.07 Å². The Bertz CT molecular complexity index is 785. The predicted octanol–water partition coefficient (Wildman–Crippen LogP) is 1.60. The average Bonchev–Trinajstić information content (AvgIpc) is 3.18. The number of carbonyl (C=O) groups is 1. The van der Waals surface area contributed by atoms with Crippen molar-refractivity contribution >= 4 is 11.9 Å². The Morgan fingerprint density at radius 3 is 3.08 bits per heavy atom. The Morgan fingerprint density at radius 1 is 1.54 bits per heavy atom. The first-order valence-corrected chi connectivity index (χ1v) is 7.56. The number of hydrogen-bond acceptors (Lipinski definition) is 6. The molecule has 2 atom stereocenters. The minimum absolute atomic E-state index is 0.159. The molecule has 1 aromatic heterocycles. The quantitative estimate of drug-likeness (QED) is 0.915. The van der Waals surface area contributed by atoms with E-state index in [1.54, 1.807) is 30.0 Å². The summed E-state index contributed by atoms with van der Waals surface area (Å²) < 4.78 is 19.1. The molecule has 124 valence electrons. The number of amides is 1. The number of anilines is 1. The molecule has 3 rings (SSSR count). The van der Waals surface area contributed by atoms with Crippen LogP contribution in [-0.4, -0.2) is 41.4 Å². The number of alkyl halides is 1. The van der Waals surface area contributed by atoms with Crippen LogP contribution in [-0.2, 0) is 0 Å². The van der Waals surface area contributed by atoms with Gasteiger partial charge in [0.15, 0.2) is 0 Å². The molecule has 0 spiro atoms. The molecule has 0 radical (unpaired) electrons. The monoisotopic (exact) mass is 329 g/mol. The van der Waals surface area contributed by atoms with Crippen molar-refractivity contribution in [2.75, 3.05) is 18.0 Å². The van der Waals surface area contributed by atoms with Gasteiger partial charge in [0.1, 0.15) is 6.17 Å². The predicted molar refractivity (Wildman–Crippen MR) is 83.2 cm³/mol. The van der Waals surface area contributed by atoms with Crippen LogP contribution in [0, 0.1) is 18.3 Å². The van der Waals surface area contributed by atoms with Gasteiger partial charge in [-0.05, 0) is 18.2 Å². The van der Waals surface area contributed by atoms with Gasteiger partial charge in [-0.2, -0.15) is 5.26 Å². The summed E-state index contributed by atoms with van der Waals surface area (Å²) in [4.78, 5) is 13.9. The van der Waals surface area contributed by atoms with Crippen LogP contribution in [0.2, 0.25) is 0 Å². The van der Waals surface area contributed by atoms with Gasteiger partial charge in [0.05, 0.1) is 24.2 Å². The van der Waals surface area contributed by atoms with Crippen LogP contribution in [0.4, 0.5) is 10.4 Å². The van der Waals surface area contributed by atoms with Crippen molar-refractivity contribution in [2.24, 2.45) is 0 Å². The number of nitrogens with zero attached hydrogens (tertiary/aromatic N) is 4. The molecule has 1 aliphatic rings. The van der Waals surface area contributed by atoms with Crippen LogP contribution in [0.25, 0.3) is 0 Å². The van der Waals surface area contributed by atoms with Gasteiger partial charge < -0.3 is 14.6 Å². The number of nitrogens with one attached hydrogen (secondary N) is 1. The summed E-state index contributed by atoms with van der Waals surface area (Å²) >= 11 is 0. The van der Waals surface area contributed by atoms with Crippen LogP contribution in [0.3, 0.4) is 0 Å². The number of aryl methyl sites for hydroxylation is 1. The molecule has 0 aliphatic carbocycles. The molecule has 0 saturated carbocycles. The third-order valence-electron chi connectivity index (χ3n) is 3.88. The van der Waals surface area contributed by atoms with Gasteiger partial charge in [-0.1, -0.05) is 11.2 Å². The fourth-order valence-corrected chi connectivity index (χ4v) is 2.73. The van der Waals surface area contributed by atoms with Gasteiger partial charge in [-0.25, -0.2) is 4.39 Å². The molecule has 1 aliphatic heterocycles. The highest BCUT2D eigenvalue weighted by Crippen LogP contribution is 2.25. The van der Waals surface area contributed by atoms with E-state index in [0.717, 1.165) is 0 Å². The SMILES string of the molecule is Cc1nnc(N2C[C@@H](F)C[C@H]2CNC(=O)c2cccc(C#N)c2)o1. The van der Waals surface area contributed by atoms with Gasteiger partial charge >= 0.3 is 6.01 Å². The largest absolute Gasteiger partial charge is 0.408 e. The van der Waals surface area contributed by atoms with Crippen molar-refractivity contribution in [3.63, 3.8) is 0 Å². The van der Waals surface area contributed by atoms with Gasteiger partial charge in [0.2, 0.25) is 5.89 Å². The Morgan fingerprint density at radius 2 is 2.38 bits per heavy atom. The molecular formula is C16H16FN5O2. The van der Waals surface area contributed by atoms with E-state index in [4.69, 9.17) is 9.68 Å². The second-order valence-electron chi connectivity index (χ2n) is 5.65. The van der Waals surface area contributed by atoms with E-state index >= 15 is 0 Å². The zero-order chi connectivity index (χ0) is 17.1. The van der Waals surface area contributed by atoms with E-state index < -0.39 is 6.17 Å². The van der Waals surface area contributed by atoms with Gasteiger partial charge in [0.25, 0.3) is 5.91 Å². The first-order valence-electron chi connectivity index (χ1n) is 7.56. The lowest BCUT2D eigenvalue weighted by Crippen LogP contribution is -2.40. The summed E-state index contributed by atoms with van der Waals surface area (Å²) in [6, 6.07) is 8.41. The van der Waals surface area contributed by atoms with Crippen LogP contribution >= 0.6 is 0 Å². The molecule has 2 aromatic rings. The maximum absolute atomic E-state index is 13.8. The van der Waals surface area contributed by atoms with E-state index in [-0.39, 0.29) is 37.5 Å². The molecule has 1 N–H and O–H groups in total. The minimum Gasteiger partial charge on any atom is -0.408 e. The van der Waals surface area contributed by atoms with E-state index in [1.165, 1.54) is 6.07 Å². The van der Waals surface area contributed by atoms with E-state index in [9.17, 15) is 9.18 Å². The molecule has 0 unspecified atom stereocenters. The Labute approximate surface area is 138 Å². The Kier molecular flexibility index (Phi) is 4.42. The van der Waals surface area contributed by atoms with Crippen molar-refractivity contribution in [3.8, 4) is 6.07 Å². The third kappa shape index (κ3) is 3.35. The number of halogens is 1. The van der Waals surface area contributed by atoms with Crippen LogP contribution in [0.1, 0.15) is 28.2 Å². The topological polar surface area (TPSA) is 95.0 Å². The summed E-state index contributed by atoms with van der Waals surface area (Å²) in [6.07, 6.45) is -0.735. The molecular weight excluding hydrogens is 313 g/mol. The highest BCUT2D eigenvalue weighted by Gasteiger charge is 2.35. The van der Waals surface area contributed by atoms with Crippen LogP contribution in [0.5, 0.6) is 0 Å². The molecule has 24 heavy (non-hydrogen) atoms. The third-order valence-corrected chi connectivity index (χ3v) is 3.88. The maximum atomic E-state index is 13.8. The minimum atomic E-state index is -1.01. The second kappa shape index (κ2) is 6.66. The highest BCUT2D eigenvalue weighted by molar-refractivity contribution is 5.94. The zero-order valence-corrected chi connectivity index (χ0v) is 13.1. The second-order valence-corrected chi connectivity index (χ2v) is 5.65. The van der Waals surface area contributed by atoms with Crippen molar-refractivity contribution < 1.29 is 13.6 Å². The lowest BCUT2D eigenvalue weighted by atomic mass is 10.1. The lowest BCUT2D eigenvalue weighted by Gasteiger charge is -2.22. The number of aromatic nitrogens is 2. The molecule has 1 amide bonds. The molecule has 1 fully saturated rings. The maximum Gasteiger partial charge on any atom is 0.318 e. The highest BCUT2D eigenvalue weighted by atomic mass is 19.1. The van der Waals surface area contributed by atoms with Crippen LogP contribution < -0.4 is 10.2 Å². The summed E-state index contributed by atoms with van der Waals surface area (Å²) in [5, 5.41) is 19.3. The van der Waals surface area contributed by atoms with Gasteiger partial charge in [-0.3, -0.25) is 4.79 Å². The lowest BCUT2D eigenvalue weighted by molar-refractivity contribution is 0.0950. The number of hydrogen-bond donors (Lipinski definition) is 1. The molecule has 1 saturated heterocycles. The Balaban J connectivity index is 1.66. The van der Waals surface area contributed by atoms with Gasteiger partial charge in [0, 0.05) is 25.5 Å². The van der Waals surface area contributed by atoms with E-state index in [2.05, 4.69) is 15.5 Å². The van der Waals surface area contributed by atoms with Crippen molar-refractivity contribution in [3.05, 3.63) is 41.3 Å². The first-order chi connectivity index (χ1) is 11.6. The molecule has 2 heterocycles. The molecule has 8 heteroatoms. The van der Waals surface area contributed by atoms with Crippen molar-refractivity contribution in [1.29, 1.82) is 5.26 Å². The number of rotatable bonds is 4. The molecule has 0 bridgehead atoms. The standard InChI is InChI=1S/C16H16FN5O2/c1-10-20-21-16(24-10)22-9-13(17)6-14(22)8-19-15(23)12-4-2-3-11(5-12)7-18/h2-5,13-14H,6,8-9H2,1H3,(H,19,23)/t13-,14-/m0/s1. The van der Waals surface area contributed by atoms with Crippen molar-refractivity contribution in [1.82, 2.24) is 15.5 Å². The molecule has 7 nitrogen and oxygen atoms in total. The smallest absolute Gasteiger partial charge is 0.318 e. The Hall–Kier alpha value is -2.95. The summed E-state index contributed by atoms with van der Waals surface area (Å²) in [5.74, 6) is 0.0967. The zero-order valence-electron chi connectivity index (χ0n) is 13.1. The number of nitriles is 1.